The van der Waals surface area contributed by atoms with Crippen LogP contribution in [0.2, 0.25) is 0 Å². The topological polar surface area (TPSA) is 69.9 Å². The van der Waals surface area contributed by atoms with E-state index in [1.807, 2.05) is 60.7 Å². The summed E-state index contributed by atoms with van der Waals surface area (Å²) in [7, 11) is 13.5. The van der Waals surface area contributed by atoms with Crippen molar-refractivity contribution in [2.45, 2.75) is 0 Å². The van der Waals surface area contributed by atoms with Crippen LogP contribution in [0.15, 0.2) is 154 Å². The van der Waals surface area contributed by atoms with Gasteiger partial charge in [-0.05, 0) is 64.9 Å². The summed E-state index contributed by atoms with van der Waals surface area (Å²) in [6.07, 6.45) is 0. The summed E-state index contributed by atoms with van der Waals surface area (Å²) in [5.74, 6) is 1.75. The molecular formula is C51H36B6N4O2. The Hall–Kier alpha value is -7.44. The number of nitrogens with zero attached hydrogens (tertiary/aromatic N) is 4. The van der Waals surface area contributed by atoms with Gasteiger partial charge in [-0.15, -0.1) is 0 Å². The Morgan fingerprint density at radius 2 is 0.921 bits per heavy atom. The number of hydrogen-bond donors (Lipinski definition) is 0. The second-order valence-corrected chi connectivity index (χ2v) is 17.1. The van der Waals surface area contributed by atoms with E-state index in [1.165, 1.54) is 54.6 Å². The van der Waals surface area contributed by atoms with E-state index in [1.54, 1.807) is 0 Å². The fourth-order valence-electron chi connectivity index (χ4n) is 9.88. The summed E-state index contributed by atoms with van der Waals surface area (Å²) in [5.41, 5.74) is 19.4. The molecule has 6 nitrogen and oxygen atoms in total. The van der Waals surface area contributed by atoms with Crippen LogP contribution in [-0.4, -0.2) is 66.6 Å². The molecule has 0 spiro atoms. The quantitative estimate of drug-likeness (QED) is 0.251. The van der Waals surface area contributed by atoms with Crippen LogP contribution < -0.4 is 32.8 Å². The minimum atomic E-state index is 0.565. The van der Waals surface area contributed by atoms with Gasteiger partial charge in [-0.1, -0.05) is 130 Å². The lowest BCUT2D eigenvalue weighted by Crippen LogP contribution is -2.33. The van der Waals surface area contributed by atoms with Gasteiger partial charge in [0.1, 0.15) is 69.4 Å². The second kappa shape index (κ2) is 14.0. The van der Waals surface area contributed by atoms with Crippen molar-refractivity contribution in [1.29, 1.82) is 0 Å². The van der Waals surface area contributed by atoms with E-state index in [0.29, 0.717) is 17.5 Å². The molecule has 0 N–H and O–H groups in total. The maximum Gasteiger partial charge on any atom is 0.164 e. The van der Waals surface area contributed by atoms with Crippen molar-refractivity contribution in [2.24, 2.45) is 0 Å². The molecule has 0 fully saturated rings. The number of fused-ring (bicyclic) bond motifs is 9. The van der Waals surface area contributed by atoms with Gasteiger partial charge in [0.05, 0.1) is 0 Å². The van der Waals surface area contributed by atoms with Crippen LogP contribution in [0, 0.1) is 0 Å². The molecule has 4 heterocycles. The number of furan rings is 2. The molecule has 0 saturated carbocycles. The number of para-hydroxylation sites is 1. The van der Waals surface area contributed by atoms with Crippen molar-refractivity contribution in [3.63, 3.8) is 0 Å². The molecule has 12 heteroatoms. The van der Waals surface area contributed by atoms with Crippen LogP contribution in [0.1, 0.15) is 0 Å². The lowest BCUT2D eigenvalue weighted by Gasteiger charge is -2.15. The normalized spacial score (nSPS) is 11.9. The van der Waals surface area contributed by atoms with Crippen molar-refractivity contribution in [3.8, 4) is 51.0 Å². The summed E-state index contributed by atoms with van der Waals surface area (Å²) in [6.45, 7) is 0. The average molecular weight is 802 g/mol. The van der Waals surface area contributed by atoms with Gasteiger partial charge in [-0.3, -0.25) is 0 Å². The zero-order chi connectivity index (χ0) is 42.7. The Morgan fingerprint density at radius 3 is 1.59 bits per heavy atom. The van der Waals surface area contributed by atoms with Gasteiger partial charge in [0.25, 0.3) is 0 Å². The van der Waals surface area contributed by atoms with E-state index in [4.69, 9.17) is 23.8 Å². The third-order valence-electron chi connectivity index (χ3n) is 13.2. The van der Waals surface area contributed by atoms with Gasteiger partial charge in [-0.2, -0.15) is 0 Å². The first-order chi connectivity index (χ1) is 30.7. The molecule has 63 heavy (non-hydrogen) atoms. The minimum Gasteiger partial charge on any atom is -0.456 e. The largest absolute Gasteiger partial charge is 0.456 e. The molecule has 0 radical (unpaired) electrons. The summed E-state index contributed by atoms with van der Waals surface area (Å²) >= 11 is 0. The molecule has 0 aliphatic heterocycles. The maximum atomic E-state index is 6.98. The van der Waals surface area contributed by atoms with Gasteiger partial charge in [0, 0.05) is 60.5 Å². The molecule has 4 aromatic heterocycles. The van der Waals surface area contributed by atoms with Crippen LogP contribution in [0.25, 0.3) is 117 Å². The predicted octanol–water partition coefficient (Wildman–Crippen LogP) is 2.99. The SMILES string of the molecule is Bc1cc(B)c2c(c1B)c1c(B)c(B)cc(B)c1n2-c1cc(-c2ccccc2)c2oc3cc(-c4nc(-c5ccccc5)nc(-c5ccc6oc7ccccc7c6c5)n4)ccc3c2c1. The second-order valence-electron chi connectivity index (χ2n) is 17.1. The molecule has 12 aromatic rings. The lowest BCUT2D eigenvalue weighted by atomic mass is 9.71. The highest BCUT2D eigenvalue weighted by Crippen LogP contribution is 2.41. The van der Waals surface area contributed by atoms with E-state index >= 15 is 0 Å². The van der Waals surface area contributed by atoms with Crippen molar-refractivity contribution in [2.75, 3.05) is 0 Å². The molecule has 290 valence electrons. The Morgan fingerprint density at radius 1 is 0.381 bits per heavy atom. The predicted molar refractivity (Wildman–Crippen MR) is 280 cm³/mol. The summed E-state index contributed by atoms with van der Waals surface area (Å²) in [5, 5.41) is 6.81. The maximum absolute atomic E-state index is 6.98. The standard InChI is InChI=1S/C51H36B6N4O2/c52-35-23-37(54)46-42(44(35)56)43-45(57)36(53)24-38(55)47(43)61(46)29-21-32(25-9-3-1-4-10-25)48-34(22-29)31-17-15-28(20-41(31)63-48)51-59-49(26-11-5-2-6-12-26)58-50(60-51)27-16-18-40-33(19-27)30-13-7-8-14-39(30)62-40/h1-24H,52-57H2. The van der Waals surface area contributed by atoms with Crippen LogP contribution in [-0.2, 0) is 0 Å². The molecule has 12 rings (SSSR count). The van der Waals surface area contributed by atoms with E-state index in [2.05, 4.69) is 137 Å². The van der Waals surface area contributed by atoms with Gasteiger partial charge in [-0.25, -0.2) is 15.0 Å². The smallest absolute Gasteiger partial charge is 0.164 e. The fourth-order valence-corrected chi connectivity index (χ4v) is 9.88. The van der Waals surface area contributed by atoms with Crippen molar-refractivity contribution in [1.82, 2.24) is 19.5 Å². The van der Waals surface area contributed by atoms with Gasteiger partial charge in [0.15, 0.2) is 17.5 Å². The first-order valence-electron chi connectivity index (χ1n) is 21.5. The Balaban J connectivity index is 1.09. The highest BCUT2D eigenvalue weighted by atomic mass is 16.3. The van der Waals surface area contributed by atoms with Crippen molar-refractivity contribution in [3.05, 3.63) is 146 Å². The van der Waals surface area contributed by atoms with Gasteiger partial charge < -0.3 is 13.4 Å². The molecule has 0 saturated heterocycles. The fraction of sp³-hybridized carbons (Fsp3) is 0. The third-order valence-corrected chi connectivity index (χ3v) is 13.2. The van der Waals surface area contributed by atoms with Crippen LogP contribution >= 0.6 is 0 Å². The Bertz CT molecular complexity index is 3810. The van der Waals surface area contributed by atoms with Crippen molar-refractivity contribution < 1.29 is 8.83 Å². The third kappa shape index (κ3) is 5.77. The first-order valence-corrected chi connectivity index (χ1v) is 21.5. The molecule has 8 aromatic carbocycles. The molecule has 0 aliphatic rings. The zero-order valence-electron chi connectivity index (χ0n) is 36.0. The number of hydrogen-bond acceptors (Lipinski definition) is 5. The van der Waals surface area contributed by atoms with Crippen LogP contribution in [0.5, 0.6) is 0 Å². The highest BCUT2D eigenvalue weighted by Gasteiger charge is 2.24. The molecule has 0 amide bonds. The van der Waals surface area contributed by atoms with Gasteiger partial charge >= 0.3 is 0 Å². The zero-order valence-corrected chi connectivity index (χ0v) is 36.0. The molecule has 0 unspecified atom stereocenters. The van der Waals surface area contributed by atoms with Gasteiger partial charge in [0.2, 0.25) is 0 Å². The Kier molecular flexibility index (Phi) is 8.32. The summed E-state index contributed by atoms with van der Waals surface area (Å²) in [6, 6.07) is 50.6. The number of aromatic nitrogens is 4. The number of benzene rings is 8. The van der Waals surface area contributed by atoms with E-state index in [9.17, 15) is 0 Å². The summed E-state index contributed by atoms with van der Waals surface area (Å²) in [4.78, 5) is 15.3. The highest BCUT2D eigenvalue weighted by molar-refractivity contribution is 6.62. The molecule has 0 aliphatic carbocycles. The van der Waals surface area contributed by atoms with E-state index in [-0.39, 0.29) is 0 Å². The molecular weight excluding hydrogens is 765 g/mol. The minimum absolute atomic E-state index is 0.565. The molecule has 0 atom stereocenters. The first kappa shape index (κ1) is 37.3. The summed E-state index contributed by atoms with van der Waals surface area (Å²) < 4.78 is 15.7. The average Bonchev–Trinajstić information content (AvgIpc) is 4.00. The van der Waals surface area contributed by atoms with Crippen LogP contribution in [0.3, 0.4) is 0 Å². The number of rotatable bonds is 5. The van der Waals surface area contributed by atoms with E-state index < -0.39 is 0 Å². The Labute approximate surface area is 368 Å². The van der Waals surface area contributed by atoms with Crippen molar-refractivity contribution >= 4 is 146 Å². The van der Waals surface area contributed by atoms with Crippen LogP contribution in [0.4, 0.5) is 0 Å². The lowest BCUT2D eigenvalue weighted by molar-refractivity contribution is 0.669. The molecule has 0 bridgehead atoms. The monoisotopic (exact) mass is 802 g/mol. The van der Waals surface area contributed by atoms with E-state index in [0.717, 1.165) is 77.4 Å².